The van der Waals surface area contributed by atoms with Gasteiger partial charge in [0.05, 0.1) is 12.6 Å². The predicted molar refractivity (Wildman–Crippen MR) is 110 cm³/mol. The van der Waals surface area contributed by atoms with Crippen LogP contribution < -0.4 is 4.90 Å². The number of carbonyl (C=O) groups is 2. The number of halogens is 1. The number of ether oxygens (including phenoxy) is 1. The van der Waals surface area contributed by atoms with E-state index >= 15 is 0 Å². The molecule has 7 heteroatoms. The third-order valence-corrected chi connectivity index (χ3v) is 5.27. The number of nitrogens with zero attached hydrogens (tertiary/aromatic N) is 2. The van der Waals surface area contributed by atoms with Gasteiger partial charge in [0.25, 0.3) is 0 Å². The van der Waals surface area contributed by atoms with Crippen LogP contribution in [0.2, 0.25) is 0 Å². The van der Waals surface area contributed by atoms with Crippen LogP contribution in [0.4, 0.5) is 10.5 Å². The lowest BCUT2D eigenvalue weighted by molar-refractivity contribution is -0.122. The lowest BCUT2D eigenvalue weighted by Gasteiger charge is -2.27. The first-order valence-electron chi connectivity index (χ1n) is 8.64. The van der Waals surface area contributed by atoms with Crippen LogP contribution in [0.5, 0.6) is 0 Å². The third-order valence-electron chi connectivity index (χ3n) is 4.55. The molecule has 2 aromatic carbocycles. The van der Waals surface area contributed by atoms with Gasteiger partial charge in [-0.15, -0.1) is 0 Å². The van der Waals surface area contributed by atoms with Crippen LogP contribution in [0.15, 0.2) is 54.6 Å². The molecule has 6 nitrogen and oxygen atoms in total. The summed E-state index contributed by atoms with van der Waals surface area (Å²) in [5.41, 5.74) is 1.60. The van der Waals surface area contributed by atoms with Gasteiger partial charge in [-0.1, -0.05) is 30.3 Å². The van der Waals surface area contributed by atoms with Crippen LogP contribution in [0.25, 0.3) is 0 Å². The Labute approximate surface area is 171 Å². The number of carbonyl (C=O) groups excluding carboxylic acids is 2. The molecule has 1 aliphatic heterocycles. The minimum absolute atomic E-state index is 0.0879. The van der Waals surface area contributed by atoms with E-state index in [0.717, 1.165) is 14.8 Å². The van der Waals surface area contributed by atoms with Crippen molar-refractivity contribution in [1.82, 2.24) is 4.90 Å². The lowest BCUT2D eigenvalue weighted by atomic mass is 10.1. The number of rotatable bonds is 4. The molecule has 0 saturated carbocycles. The zero-order valence-electron chi connectivity index (χ0n) is 14.9. The quantitative estimate of drug-likeness (QED) is 0.684. The second-order valence-electron chi connectivity index (χ2n) is 6.47. The zero-order chi connectivity index (χ0) is 19.4. The number of likely N-dealkylation sites (N-methyl/N-ethyl adjacent to an activating group) is 1. The molecule has 1 saturated heterocycles. The molecule has 0 aromatic heterocycles. The Hall–Kier alpha value is -2.13. The number of benzene rings is 2. The van der Waals surface area contributed by atoms with Gasteiger partial charge < -0.3 is 14.7 Å². The smallest absolute Gasteiger partial charge is 0.410 e. The molecule has 1 heterocycles. The average molecular weight is 480 g/mol. The molecule has 1 N–H and O–H groups in total. The van der Waals surface area contributed by atoms with Crippen molar-refractivity contribution in [3.05, 3.63) is 63.7 Å². The summed E-state index contributed by atoms with van der Waals surface area (Å²) in [5.74, 6) is -0.246. The Balaban J connectivity index is 1.68. The molecule has 2 unspecified atom stereocenters. The maximum atomic E-state index is 12.9. The van der Waals surface area contributed by atoms with E-state index in [1.54, 1.807) is 7.05 Å². The van der Waals surface area contributed by atoms with Gasteiger partial charge in [-0.2, -0.15) is 0 Å². The fourth-order valence-electron chi connectivity index (χ4n) is 3.07. The van der Waals surface area contributed by atoms with Gasteiger partial charge in [0, 0.05) is 22.7 Å². The summed E-state index contributed by atoms with van der Waals surface area (Å²) in [6, 6.07) is 16.1. The number of aliphatic hydroxyl groups is 1. The number of anilines is 1. The molecular weight excluding hydrogens is 459 g/mol. The largest absolute Gasteiger partial charge is 0.445 e. The van der Waals surface area contributed by atoms with E-state index in [2.05, 4.69) is 22.6 Å². The van der Waals surface area contributed by atoms with Gasteiger partial charge in [0.15, 0.2) is 0 Å². The molecule has 27 heavy (non-hydrogen) atoms. The molecule has 0 aliphatic carbocycles. The fourth-order valence-corrected chi connectivity index (χ4v) is 3.43. The van der Waals surface area contributed by atoms with Gasteiger partial charge in [0.2, 0.25) is 5.91 Å². The first-order valence-corrected chi connectivity index (χ1v) is 9.72. The van der Waals surface area contributed by atoms with Gasteiger partial charge in [-0.3, -0.25) is 9.69 Å². The minimum Gasteiger partial charge on any atom is -0.445 e. The van der Waals surface area contributed by atoms with Crippen molar-refractivity contribution in [2.24, 2.45) is 0 Å². The molecular formula is C20H21IN2O4. The van der Waals surface area contributed by atoms with Crippen molar-refractivity contribution in [3.8, 4) is 0 Å². The molecule has 1 aliphatic rings. The van der Waals surface area contributed by atoms with Crippen LogP contribution in [-0.2, 0) is 16.1 Å². The van der Waals surface area contributed by atoms with Crippen molar-refractivity contribution in [2.45, 2.75) is 25.2 Å². The summed E-state index contributed by atoms with van der Waals surface area (Å²) in [6.45, 7) is 0.213. The molecule has 2 atom stereocenters. The standard InChI is InChI=1S/C20H21IN2O4/c1-22(16-9-7-15(21)8-10-16)19(25)18-11-17(24)12-23(18)20(26)27-13-14-5-3-2-4-6-14/h2-10,17-18,24H,11-13H2,1H3. The van der Waals surface area contributed by atoms with Gasteiger partial charge in [-0.05, 0) is 52.4 Å². The predicted octanol–water partition coefficient (Wildman–Crippen LogP) is 3.03. The first-order chi connectivity index (χ1) is 13.0. The highest BCUT2D eigenvalue weighted by Gasteiger charge is 2.41. The SMILES string of the molecule is CN(C(=O)C1CC(O)CN1C(=O)OCc1ccccc1)c1ccc(I)cc1. The lowest BCUT2D eigenvalue weighted by Crippen LogP contribution is -2.46. The molecule has 142 valence electrons. The third kappa shape index (κ3) is 4.78. The normalized spacial score (nSPS) is 19.0. The summed E-state index contributed by atoms with van der Waals surface area (Å²) >= 11 is 2.20. The van der Waals surface area contributed by atoms with E-state index in [9.17, 15) is 14.7 Å². The van der Waals surface area contributed by atoms with E-state index in [1.807, 2.05) is 54.6 Å². The van der Waals surface area contributed by atoms with Crippen LogP contribution in [-0.4, -0.2) is 47.7 Å². The molecule has 0 bridgehead atoms. The number of β-amino-alcohol motifs (C(OH)–C–C–N with tert-alkyl or cyclic N) is 1. The van der Waals surface area contributed by atoms with E-state index in [4.69, 9.17) is 4.74 Å². The van der Waals surface area contributed by atoms with Crippen molar-refractivity contribution in [1.29, 1.82) is 0 Å². The first kappa shape index (κ1) is 19.6. The Morgan fingerprint density at radius 3 is 2.52 bits per heavy atom. The average Bonchev–Trinajstić information content (AvgIpc) is 3.08. The number of hydrogen-bond acceptors (Lipinski definition) is 4. The van der Waals surface area contributed by atoms with Crippen LogP contribution >= 0.6 is 22.6 Å². The Bertz CT molecular complexity index is 797. The zero-order valence-corrected chi connectivity index (χ0v) is 17.1. The highest BCUT2D eigenvalue weighted by Crippen LogP contribution is 2.24. The van der Waals surface area contributed by atoms with E-state index in [-0.39, 0.29) is 25.5 Å². The van der Waals surface area contributed by atoms with Crippen molar-refractivity contribution < 1.29 is 19.4 Å². The minimum atomic E-state index is -0.743. The Morgan fingerprint density at radius 1 is 1.19 bits per heavy atom. The number of hydrogen-bond donors (Lipinski definition) is 1. The second-order valence-corrected chi connectivity index (χ2v) is 7.72. The van der Waals surface area contributed by atoms with Crippen molar-refractivity contribution in [3.63, 3.8) is 0 Å². The number of aliphatic hydroxyl groups excluding tert-OH is 1. The van der Waals surface area contributed by atoms with Gasteiger partial charge in [-0.25, -0.2) is 4.79 Å². The number of likely N-dealkylation sites (tertiary alicyclic amines) is 1. The van der Waals surface area contributed by atoms with E-state index in [0.29, 0.717) is 0 Å². The molecule has 3 rings (SSSR count). The molecule has 2 aromatic rings. The molecule has 0 radical (unpaired) electrons. The summed E-state index contributed by atoms with van der Waals surface area (Å²) < 4.78 is 6.42. The molecule has 0 spiro atoms. The van der Waals surface area contributed by atoms with Gasteiger partial charge >= 0.3 is 6.09 Å². The summed E-state index contributed by atoms with van der Waals surface area (Å²) in [7, 11) is 1.67. The Morgan fingerprint density at radius 2 is 1.85 bits per heavy atom. The van der Waals surface area contributed by atoms with Crippen LogP contribution in [0.1, 0.15) is 12.0 Å². The van der Waals surface area contributed by atoms with E-state index < -0.39 is 18.2 Å². The monoisotopic (exact) mass is 480 g/mol. The van der Waals surface area contributed by atoms with Crippen LogP contribution in [0, 0.1) is 3.57 Å². The maximum Gasteiger partial charge on any atom is 0.410 e. The van der Waals surface area contributed by atoms with Crippen molar-refractivity contribution in [2.75, 3.05) is 18.5 Å². The summed E-state index contributed by atoms with van der Waals surface area (Å²) in [6.07, 6.45) is -1.13. The van der Waals surface area contributed by atoms with Crippen LogP contribution in [0.3, 0.4) is 0 Å². The second kappa shape index (κ2) is 8.71. The fraction of sp³-hybridized carbons (Fsp3) is 0.300. The highest BCUT2D eigenvalue weighted by molar-refractivity contribution is 14.1. The highest BCUT2D eigenvalue weighted by atomic mass is 127. The maximum absolute atomic E-state index is 12.9. The topological polar surface area (TPSA) is 70.1 Å². The van der Waals surface area contributed by atoms with E-state index in [1.165, 1.54) is 9.80 Å². The summed E-state index contributed by atoms with van der Waals surface area (Å²) in [4.78, 5) is 28.3. The Kier molecular flexibility index (Phi) is 6.33. The van der Waals surface area contributed by atoms with Crippen molar-refractivity contribution >= 4 is 40.3 Å². The number of amides is 2. The summed E-state index contributed by atoms with van der Waals surface area (Å²) in [5, 5.41) is 10.0. The molecule has 2 amide bonds. The van der Waals surface area contributed by atoms with Gasteiger partial charge in [0.1, 0.15) is 12.6 Å². The molecule has 1 fully saturated rings.